The van der Waals surface area contributed by atoms with Crippen LogP contribution in [0, 0.1) is 23.7 Å². The van der Waals surface area contributed by atoms with E-state index in [2.05, 4.69) is 6.58 Å². The second-order valence-electron chi connectivity index (χ2n) is 14.0. The molecule has 9 nitrogen and oxygen atoms in total. The van der Waals surface area contributed by atoms with Crippen LogP contribution in [0.3, 0.4) is 0 Å². The van der Waals surface area contributed by atoms with Crippen LogP contribution < -0.4 is 4.90 Å². The highest BCUT2D eigenvalue weighted by atomic mass is 35.5. The van der Waals surface area contributed by atoms with E-state index in [0.717, 1.165) is 5.57 Å². The largest absolute Gasteiger partial charge is 0.507 e. The lowest BCUT2D eigenvalue weighted by molar-refractivity contribution is -0.141. The number of carboxylic acid groups (broad SMARTS) is 1. The molecular formula is C41H39ClN2O7. The summed E-state index contributed by atoms with van der Waals surface area (Å²) in [4.78, 5) is 71.8. The van der Waals surface area contributed by atoms with Gasteiger partial charge < -0.3 is 10.2 Å². The van der Waals surface area contributed by atoms with Gasteiger partial charge in [0.25, 0.3) is 0 Å². The number of imide groups is 2. The van der Waals surface area contributed by atoms with Crippen molar-refractivity contribution in [3.63, 3.8) is 0 Å². The molecule has 2 saturated heterocycles. The van der Waals surface area contributed by atoms with Crippen LogP contribution in [0.15, 0.2) is 97.1 Å². The molecule has 2 heterocycles. The number of carbonyl (C=O) groups excluding carboxylic acids is 4. The number of likely N-dealkylation sites (tertiary alicyclic amines) is 1. The Morgan fingerprint density at radius 2 is 1.69 bits per heavy atom. The zero-order valence-corrected chi connectivity index (χ0v) is 28.8. The summed E-state index contributed by atoms with van der Waals surface area (Å²) in [5.74, 6) is -6.02. The van der Waals surface area contributed by atoms with Crippen molar-refractivity contribution in [1.29, 1.82) is 0 Å². The summed E-state index contributed by atoms with van der Waals surface area (Å²) >= 11 is 6.39. The van der Waals surface area contributed by atoms with Gasteiger partial charge in [0.15, 0.2) is 0 Å². The first kappa shape index (κ1) is 34.4. The molecule has 6 unspecified atom stereocenters. The molecule has 0 aromatic heterocycles. The number of carboxylic acids is 1. The molecule has 4 amide bonds. The Labute approximate surface area is 301 Å². The molecule has 6 atom stereocenters. The minimum atomic E-state index is -1.49. The van der Waals surface area contributed by atoms with Gasteiger partial charge in [0.2, 0.25) is 23.6 Å². The Bertz CT molecular complexity index is 1980. The minimum absolute atomic E-state index is 0.00148. The van der Waals surface area contributed by atoms with Crippen LogP contribution in [0.2, 0.25) is 5.02 Å². The normalized spacial score (nSPS) is 26.8. The van der Waals surface area contributed by atoms with Crippen molar-refractivity contribution in [3.8, 4) is 5.75 Å². The van der Waals surface area contributed by atoms with E-state index in [4.69, 9.17) is 16.7 Å². The van der Waals surface area contributed by atoms with E-state index < -0.39 is 52.8 Å². The Morgan fingerprint density at radius 1 is 0.922 bits per heavy atom. The highest BCUT2D eigenvalue weighted by molar-refractivity contribution is 6.32. The zero-order valence-electron chi connectivity index (χ0n) is 28.0. The molecule has 2 aliphatic carbocycles. The lowest BCUT2D eigenvalue weighted by atomic mass is 9.49. The summed E-state index contributed by atoms with van der Waals surface area (Å²) in [6.07, 6.45) is 5.98. The van der Waals surface area contributed by atoms with Crippen LogP contribution in [0.1, 0.15) is 61.1 Å². The number of phenolic OH excluding ortho intramolecular Hbond substituents is 1. The Kier molecular flexibility index (Phi) is 9.18. The summed E-state index contributed by atoms with van der Waals surface area (Å²) in [6, 6.07) is 21.2. The molecule has 0 spiro atoms. The molecular weight excluding hydrogens is 668 g/mol. The van der Waals surface area contributed by atoms with Gasteiger partial charge in [0.05, 0.1) is 28.9 Å². The fraction of sp³-hybridized carbons (Fsp3) is 0.341. The number of benzene rings is 3. The van der Waals surface area contributed by atoms with E-state index in [1.165, 1.54) is 9.80 Å². The number of unbranched alkanes of at least 4 members (excludes halogenated alkanes) is 2. The van der Waals surface area contributed by atoms with Gasteiger partial charge in [0.1, 0.15) is 5.75 Å². The molecule has 0 bridgehead atoms. The number of aromatic hydroxyl groups is 1. The monoisotopic (exact) mass is 706 g/mol. The third-order valence-electron chi connectivity index (χ3n) is 11.4. The first-order valence-corrected chi connectivity index (χ1v) is 17.9. The third-order valence-corrected chi connectivity index (χ3v) is 11.6. The number of hydrogen-bond acceptors (Lipinski definition) is 6. The van der Waals surface area contributed by atoms with Crippen LogP contribution in [-0.4, -0.2) is 51.3 Å². The molecule has 10 heteroatoms. The maximum atomic E-state index is 15.3. The number of anilines is 1. The topological polar surface area (TPSA) is 132 Å². The summed E-state index contributed by atoms with van der Waals surface area (Å²) in [7, 11) is 0. The summed E-state index contributed by atoms with van der Waals surface area (Å²) < 4.78 is 0. The van der Waals surface area contributed by atoms with E-state index in [1.54, 1.807) is 42.5 Å². The number of hydrogen-bond donors (Lipinski definition) is 2. The minimum Gasteiger partial charge on any atom is -0.507 e. The van der Waals surface area contributed by atoms with Gasteiger partial charge in [-0.3, -0.25) is 28.9 Å². The van der Waals surface area contributed by atoms with E-state index in [0.29, 0.717) is 53.1 Å². The van der Waals surface area contributed by atoms with Crippen molar-refractivity contribution < 1.29 is 34.2 Å². The fourth-order valence-corrected chi connectivity index (χ4v) is 9.45. The molecule has 3 aromatic rings. The molecule has 3 fully saturated rings. The average Bonchev–Trinajstić information content (AvgIpc) is 3.50. The Balaban J connectivity index is 1.39. The maximum absolute atomic E-state index is 15.3. The van der Waals surface area contributed by atoms with Gasteiger partial charge in [-0.05, 0) is 67.3 Å². The summed E-state index contributed by atoms with van der Waals surface area (Å²) in [5, 5.41) is 21.3. The van der Waals surface area contributed by atoms with E-state index in [9.17, 15) is 24.3 Å². The SMILES string of the molecule is C=CCc1cccc(C2C3=CCC4C(=O)N(CCCCCC(=O)O)C(=O)C4C3CC3C(=O)N(c4cccc(Cl)c4)C(=O)C32c2ccccc2)c1O. The average molecular weight is 707 g/mol. The maximum Gasteiger partial charge on any atom is 0.303 e. The highest BCUT2D eigenvalue weighted by Gasteiger charge is 2.70. The fourth-order valence-electron chi connectivity index (χ4n) is 9.26. The lowest BCUT2D eigenvalue weighted by Crippen LogP contribution is -2.53. The number of aliphatic carboxylic acids is 1. The van der Waals surface area contributed by atoms with Crippen molar-refractivity contribution in [3.05, 3.63) is 119 Å². The summed E-state index contributed by atoms with van der Waals surface area (Å²) in [5.41, 5.74) is 1.31. The van der Waals surface area contributed by atoms with Crippen molar-refractivity contribution in [1.82, 2.24) is 4.90 Å². The van der Waals surface area contributed by atoms with E-state index in [1.807, 2.05) is 42.5 Å². The third kappa shape index (κ3) is 5.49. The standard InChI is InChI=1S/C41H39ClN2O7/c1-2-11-24-12-9-17-30(36(24)47)35-28-19-20-29-34(39(50)43(37(29)48)21-8-4-7-18-33(45)46)31(28)23-32-38(49)44(27-16-10-15-26(42)22-27)40(51)41(32,35)25-13-5-3-6-14-25/h2-3,5-6,9-10,12-17,19,22,29,31-32,34-35,47H,1,4,7-8,11,18,20-21,23H2,(H,45,46). The quantitative estimate of drug-likeness (QED) is 0.131. The van der Waals surface area contributed by atoms with Crippen LogP contribution in [-0.2, 0) is 35.8 Å². The number of halogens is 1. The molecule has 1 saturated carbocycles. The van der Waals surface area contributed by atoms with Crippen molar-refractivity contribution in [2.45, 2.75) is 56.3 Å². The first-order chi connectivity index (χ1) is 24.6. The van der Waals surface area contributed by atoms with E-state index in [-0.39, 0.29) is 43.4 Å². The molecule has 4 aliphatic rings. The Morgan fingerprint density at radius 3 is 2.41 bits per heavy atom. The van der Waals surface area contributed by atoms with Gasteiger partial charge in [-0.25, -0.2) is 4.90 Å². The molecule has 0 radical (unpaired) electrons. The second kappa shape index (κ2) is 13.6. The molecule has 2 aliphatic heterocycles. The van der Waals surface area contributed by atoms with Crippen LogP contribution in [0.5, 0.6) is 5.75 Å². The second-order valence-corrected chi connectivity index (χ2v) is 14.4. The van der Waals surface area contributed by atoms with Gasteiger partial charge in [-0.2, -0.15) is 0 Å². The molecule has 262 valence electrons. The van der Waals surface area contributed by atoms with Gasteiger partial charge in [0, 0.05) is 29.5 Å². The van der Waals surface area contributed by atoms with E-state index >= 15 is 4.79 Å². The number of rotatable bonds is 11. The van der Waals surface area contributed by atoms with Gasteiger partial charge in [-0.15, -0.1) is 6.58 Å². The molecule has 51 heavy (non-hydrogen) atoms. The van der Waals surface area contributed by atoms with Crippen molar-refractivity contribution in [2.75, 3.05) is 11.4 Å². The predicted molar refractivity (Wildman–Crippen MR) is 191 cm³/mol. The number of fused-ring (bicyclic) bond motifs is 4. The number of nitrogens with zero attached hydrogens (tertiary/aromatic N) is 2. The summed E-state index contributed by atoms with van der Waals surface area (Å²) in [6.45, 7) is 4.04. The number of allylic oxidation sites excluding steroid dienone is 3. The lowest BCUT2D eigenvalue weighted by Gasteiger charge is -2.50. The predicted octanol–water partition coefficient (Wildman–Crippen LogP) is 6.58. The smallest absolute Gasteiger partial charge is 0.303 e. The Hall–Kier alpha value is -5.02. The van der Waals surface area contributed by atoms with Gasteiger partial charge >= 0.3 is 5.97 Å². The molecule has 7 rings (SSSR count). The highest BCUT2D eigenvalue weighted by Crippen LogP contribution is 2.65. The van der Waals surface area contributed by atoms with Crippen molar-refractivity contribution in [2.24, 2.45) is 23.7 Å². The zero-order chi connectivity index (χ0) is 36.0. The number of para-hydroxylation sites is 1. The molecule has 3 aromatic carbocycles. The van der Waals surface area contributed by atoms with Gasteiger partial charge in [-0.1, -0.05) is 90.3 Å². The number of amides is 4. The van der Waals surface area contributed by atoms with Crippen LogP contribution >= 0.6 is 11.6 Å². The van der Waals surface area contributed by atoms with Crippen LogP contribution in [0.4, 0.5) is 5.69 Å². The first-order valence-electron chi connectivity index (χ1n) is 17.5. The van der Waals surface area contributed by atoms with Crippen LogP contribution in [0.25, 0.3) is 0 Å². The number of phenols is 1. The van der Waals surface area contributed by atoms with Crippen molar-refractivity contribution >= 4 is 46.9 Å². The molecule has 2 N–H and O–H groups in total. The number of carbonyl (C=O) groups is 5.